The second-order valence-electron chi connectivity index (χ2n) is 5.46. The topological polar surface area (TPSA) is 52.9 Å². The van der Waals surface area contributed by atoms with Crippen LogP contribution < -0.4 is 5.32 Å². The summed E-state index contributed by atoms with van der Waals surface area (Å²) in [4.78, 5) is 12.7. The SMILES string of the molecule is CC[C@@H](C)[C@@H](C(=O)Nc1cccc(C#N)c1)c1ccccc1. The smallest absolute Gasteiger partial charge is 0.232 e. The molecule has 0 spiro atoms. The van der Waals surface area contributed by atoms with Gasteiger partial charge in [0.05, 0.1) is 17.6 Å². The van der Waals surface area contributed by atoms with Gasteiger partial charge in [0.1, 0.15) is 0 Å². The normalized spacial score (nSPS) is 13.0. The standard InChI is InChI=1S/C19H20N2O/c1-3-14(2)18(16-9-5-4-6-10-16)19(22)21-17-11-7-8-15(12-17)13-20/h4-12,14,18H,3H2,1-2H3,(H,21,22)/t14-,18-/m1/s1. The van der Waals surface area contributed by atoms with Gasteiger partial charge in [0.2, 0.25) is 5.91 Å². The lowest BCUT2D eigenvalue weighted by Gasteiger charge is -2.22. The second kappa shape index (κ2) is 7.42. The first-order chi connectivity index (χ1) is 10.7. The zero-order valence-electron chi connectivity index (χ0n) is 12.9. The fraction of sp³-hybridized carbons (Fsp3) is 0.263. The molecule has 2 aromatic carbocycles. The van der Waals surface area contributed by atoms with Crippen molar-refractivity contribution in [2.24, 2.45) is 5.92 Å². The molecule has 22 heavy (non-hydrogen) atoms. The minimum absolute atomic E-state index is 0.0318. The average molecular weight is 292 g/mol. The Balaban J connectivity index is 2.24. The fourth-order valence-electron chi connectivity index (χ4n) is 2.52. The third kappa shape index (κ3) is 3.73. The third-order valence-electron chi connectivity index (χ3n) is 3.91. The first-order valence-corrected chi connectivity index (χ1v) is 7.51. The molecule has 0 saturated heterocycles. The highest BCUT2D eigenvalue weighted by atomic mass is 16.1. The van der Waals surface area contributed by atoms with Crippen LogP contribution in [-0.4, -0.2) is 5.91 Å². The molecule has 3 nitrogen and oxygen atoms in total. The number of nitriles is 1. The van der Waals surface area contributed by atoms with Crippen molar-refractivity contribution >= 4 is 11.6 Å². The molecular formula is C19H20N2O. The number of anilines is 1. The van der Waals surface area contributed by atoms with Gasteiger partial charge in [0, 0.05) is 5.69 Å². The van der Waals surface area contributed by atoms with E-state index in [2.05, 4.69) is 25.2 Å². The molecule has 0 aliphatic carbocycles. The number of rotatable bonds is 5. The number of nitrogens with zero attached hydrogens (tertiary/aromatic N) is 1. The minimum Gasteiger partial charge on any atom is -0.326 e. The number of amides is 1. The molecule has 0 fully saturated rings. The maximum atomic E-state index is 12.7. The molecule has 2 atom stereocenters. The van der Waals surface area contributed by atoms with Crippen LogP contribution >= 0.6 is 0 Å². The van der Waals surface area contributed by atoms with Gasteiger partial charge in [-0.1, -0.05) is 56.7 Å². The minimum atomic E-state index is -0.197. The van der Waals surface area contributed by atoms with Crippen molar-refractivity contribution in [1.82, 2.24) is 0 Å². The van der Waals surface area contributed by atoms with Gasteiger partial charge in [0.15, 0.2) is 0 Å². The van der Waals surface area contributed by atoms with E-state index in [1.54, 1.807) is 24.3 Å². The van der Waals surface area contributed by atoms with Crippen LogP contribution in [-0.2, 0) is 4.79 Å². The summed E-state index contributed by atoms with van der Waals surface area (Å²) in [5, 5.41) is 11.9. The number of hydrogen-bond acceptors (Lipinski definition) is 2. The van der Waals surface area contributed by atoms with Crippen molar-refractivity contribution in [3.8, 4) is 6.07 Å². The van der Waals surface area contributed by atoms with Crippen LogP contribution in [0.3, 0.4) is 0 Å². The van der Waals surface area contributed by atoms with E-state index in [1.165, 1.54) is 0 Å². The van der Waals surface area contributed by atoms with E-state index in [1.807, 2.05) is 30.3 Å². The molecule has 0 aliphatic heterocycles. The van der Waals surface area contributed by atoms with Gasteiger partial charge in [-0.05, 0) is 29.7 Å². The number of benzene rings is 2. The van der Waals surface area contributed by atoms with E-state index < -0.39 is 0 Å². The highest BCUT2D eigenvalue weighted by molar-refractivity contribution is 5.96. The van der Waals surface area contributed by atoms with Crippen LogP contribution in [0.1, 0.15) is 37.3 Å². The molecule has 1 amide bonds. The van der Waals surface area contributed by atoms with Crippen LogP contribution in [0, 0.1) is 17.2 Å². The van der Waals surface area contributed by atoms with Gasteiger partial charge < -0.3 is 5.32 Å². The summed E-state index contributed by atoms with van der Waals surface area (Å²) < 4.78 is 0. The first-order valence-electron chi connectivity index (χ1n) is 7.51. The predicted molar refractivity (Wildman–Crippen MR) is 88.4 cm³/mol. The molecule has 0 bridgehead atoms. The quantitative estimate of drug-likeness (QED) is 0.892. The molecule has 1 N–H and O–H groups in total. The lowest BCUT2D eigenvalue weighted by molar-refractivity contribution is -0.118. The zero-order chi connectivity index (χ0) is 15.9. The molecule has 2 aromatic rings. The van der Waals surface area contributed by atoms with E-state index in [9.17, 15) is 4.79 Å². The Kier molecular flexibility index (Phi) is 5.32. The molecular weight excluding hydrogens is 272 g/mol. The monoisotopic (exact) mass is 292 g/mol. The van der Waals surface area contributed by atoms with Crippen LogP contribution in [0.25, 0.3) is 0 Å². The second-order valence-corrected chi connectivity index (χ2v) is 5.46. The highest BCUT2D eigenvalue weighted by Gasteiger charge is 2.25. The van der Waals surface area contributed by atoms with Crippen LogP contribution in [0.2, 0.25) is 0 Å². The Hall–Kier alpha value is -2.60. The lowest BCUT2D eigenvalue weighted by atomic mass is 9.85. The summed E-state index contributed by atoms with van der Waals surface area (Å²) in [7, 11) is 0. The van der Waals surface area contributed by atoms with E-state index in [4.69, 9.17) is 5.26 Å². The largest absolute Gasteiger partial charge is 0.326 e. The Morgan fingerprint density at radius 2 is 1.91 bits per heavy atom. The summed E-state index contributed by atoms with van der Waals surface area (Å²) in [5.74, 6) is 0.00845. The van der Waals surface area contributed by atoms with Crippen molar-refractivity contribution < 1.29 is 4.79 Å². The zero-order valence-corrected chi connectivity index (χ0v) is 12.9. The Bertz CT molecular complexity index is 673. The third-order valence-corrected chi connectivity index (χ3v) is 3.91. The van der Waals surface area contributed by atoms with E-state index in [-0.39, 0.29) is 17.7 Å². The van der Waals surface area contributed by atoms with Crippen LogP contribution in [0.5, 0.6) is 0 Å². The Morgan fingerprint density at radius 1 is 1.18 bits per heavy atom. The van der Waals surface area contributed by atoms with Gasteiger partial charge in [-0.3, -0.25) is 4.79 Å². The maximum Gasteiger partial charge on any atom is 0.232 e. The maximum absolute atomic E-state index is 12.7. The van der Waals surface area contributed by atoms with Gasteiger partial charge >= 0.3 is 0 Å². The molecule has 112 valence electrons. The lowest BCUT2D eigenvalue weighted by Crippen LogP contribution is -2.26. The van der Waals surface area contributed by atoms with Crippen molar-refractivity contribution in [2.45, 2.75) is 26.2 Å². The molecule has 0 saturated carbocycles. The molecule has 2 rings (SSSR count). The predicted octanol–water partition coefficient (Wildman–Crippen LogP) is 4.33. The van der Waals surface area contributed by atoms with E-state index in [0.29, 0.717) is 11.3 Å². The molecule has 3 heteroatoms. The van der Waals surface area contributed by atoms with Gasteiger partial charge in [-0.15, -0.1) is 0 Å². The molecule has 0 radical (unpaired) electrons. The van der Waals surface area contributed by atoms with Crippen LogP contribution in [0.15, 0.2) is 54.6 Å². The molecule has 0 unspecified atom stereocenters. The fourth-order valence-corrected chi connectivity index (χ4v) is 2.52. The van der Waals surface area contributed by atoms with Crippen molar-refractivity contribution in [3.63, 3.8) is 0 Å². The molecule has 0 heterocycles. The number of carbonyl (C=O) groups is 1. The van der Waals surface area contributed by atoms with E-state index in [0.717, 1.165) is 12.0 Å². The average Bonchev–Trinajstić information content (AvgIpc) is 2.56. The first kappa shape index (κ1) is 15.8. The summed E-state index contributed by atoms with van der Waals surface area (Å²) >= 11 is 0. The van der Waals surface area contributed by atoms with E-state index >= 15 is 0 Å². The Morgan fingerprint density at radius 3 is 2.55 bits per heavy atom. The number of nitrogens with one attached hydrogen (secondary N) is 1. The summed E-state index contributed by atoms with van der Waals surface area (Å²) in [5.41, 5.74) is 2.22. The number of hydrogen-bond donors (Lipinski definition) is 1. The highest BCUT2D eigenvalue weighted by Crippen LogP contribution is 2.28. The summed E-state index contributed by atoms with van der Waals surface area (Å²) in [6.45, 7) is 4.17. The summed E-state index contributed by atoms with van der Waals surface area (Å²) in [6, 6.07) is 18.9. The van der Waals surface area contributed by atoms with Crippen molar-refractivity contribution in [2.75, 3.05) is 5.32 Å². The van der Waals surface area contributed by atoms with Crippen molar-refractivity contribution in [3.05, 3.63) is 65.7 Å². The van der Waals surface area contributed by atoms with Crippen molar-refractivity contribution in [1.29, 1.82) is 5.26 Å². The summed E-state index contributed by atoms with van der Waals surface area (Å²) in [6.07, 6.45) is 0.922. The van der Waals surface area contributed by atoms with Gasteiger partial charge in [0.25, 0.3) is 0 Å². The number of carbonyl (C=O) groups excluding carboxylic acids is 1. The van der Waals surface area contributed by atoms with Gasteiger partial charge in [-0.2, -0.15) is 5.26 Å². The van der Waals surface area contributed by atoms with Gasteiger partial charge in [-0.25, -0.2) is 0 Å². The van der Waals surface area contributed by atoms with Crippen LogP contribution in [0.4, 0.5) is 5.69 Å². The molecule has 0 aliphatic rings. The molecule has 0 aromatic heterocycles. The Labute approximate surface area is 131 Å².